The van der Waals surface area contributed by atoms with Gasteiger partial charge in [-0.3, -0.25) is 14.5 Å². The third-order valence-electron chi connectivity index (χ3n) is 8.46. The summed E-state index contributed by atoms with van der Waals surface area (Å²) in [5, 5.41) is 9.10. The van der Waals surface area contributed by atoms with E-state index in [1.54, 1.807) is 12.1 Å². The molecular weight excluding hydrogens is 540 g/mol. The molecule has 0 aliphatic carbocycles. The number of aromatic nitrogens is 1. The summed E-state index contributed by atoms with van der Waals surface area (Å²) in [7, 11) is 0. The summed E-state index contributed by atoms with van der Waals surface area (Å²) in [6, 6.07) is 30.2. The summed E-state index contributed by atoms with van der Waals surface area (Å²) in [6.07, 6.45) is 1.75. The van der Waals surface area contributed by atoms with Crippen molar-refractivity contribution in [1.29, 1.82) is 0 Å². The van der Waals surface area contributed by atoms with Gasteiger partial charge < -0.3 is 14.9 Å². The molecule has 0 spiro atoms. The molecule has 1 aromatic heterocycles. The number of hydrogen-bond donors (Lipinski definition) is 1. The lowest BCUT2D eigenvalue weighted by molar-refractivity contribution is 0.0412. The van der Waals surface area contributed by atoms with Gasteiger partial charge in [0.15, 0.2) is 0 Å². The second-order valence-corrected chi connectivity index (χ2v) is 11.1. The minimum absolute atomic E-state index is 0.0192. The van der Waals surface area contributed by atoms with E-state index in [1.807, 2.05) is 82.6 Å². The van der Waals surface area contributed by atoms with Crippen LogP contribution in [0.15, 0.2) is 97.1 Å². The number of carbonyl (C=O) groups is 3. The fraction of sp³-hybridized carbons (Fsp3) is 0.257. The number of benzene rings is 3. The average Bonchev–Trinajstić information content (AvgIpc) is 3.08. The molecule has 2 saturated heterocycles. The molecule has 0 bridgehead atoms. The van der Waals surface area contributed by atoms with Crippen molar-refractivity contribution in [3.05, 3.63) is 114 Å². The van der Waals surface area contributed by atoms with Crippen LogP contribution >= 0.6 is 0 Å². The number of likely N-dealkylation sites (tertiary alicyclic amines) is 1. The number of rotatable bonds is 6. The fourth-order valence-electron chi connectivity index (χ4n) is 6.01. The minimum atomic E-state index is -1.00. The van der Waals surface area contributed by atoms with E-state index in [0.29, 0.717) is 43.3 Å². The van der Waals surface area contributed by atoms with E-state index < -0.39 is 5.97 Å². The first kappa shape index (κ1) is 28.3. The molecule has 1 N–H and O–H groups in total. The molecule has 0 atom stereocenters. The first-order valence-corrected chi connectivity index (χ1v) is 14.7. The molecule has 0 unspecified atom stereocenters. The summed E-state index contributed by atoms with van der Waals surface area (Å²) in [5.41, 5.74) is 4.83. The molecule has 2 aliphatic heterocycles. The van der Waals surface area contributed by atoms with E-state index >= 15 is 0 Å². The van der Waals surface area contributed by atoms with Crippen molar-refractivity contribution in [3.63, 3.8) is 0 Å². The average molecular weight is 575 g/mol. The Morgan fingerprint density at radius 3 is 1.56 bits per heavy atom. The quantitative estimate of drug-likeness (QED) is 0.341. The van der Waals surface area contributed by atoms with Crippen LogP contribution in [-0.2, 0) is 0 Å². The monoisotopic (exact) mass is 574 g/mol. The van der Waals surface area contributed by atoms with Crippen LogP contribution in [0.5, 0.6) is 0 Å². The molecule has 43 heavy (non-hydrogen) atoms. The molecule has 2 aliphatic rings. The zero-order chi connectivity index (χ0) is 29.8. The Kier molecular flexibility index (Phi) is 8.29. The third-order valence-corrected chi connectivity index (χ3v) is 8.46. The van der Waals surface area contributed by atoms with Crippen molar-refractivity contribution in [1.82, 2.24) is 19.7 Å². The summed E-state index contributed by atoms with van der Waals surface area (Å²) >= 11 is 0. The van der Waals surface area contributed by atoms with Crippen molar-refractivity contribution in [2.24, 2.45) is 0 Å². The number of amides is 2. The molecule has 3 aromatic carbocycles. The highest BCUT2D eigenvalue weighted by atomic mass is 16.4. The van der Waals surface area contributed by atoms with E-state index in [4.69, 9.17) is 10.1 Å². The molecule has 218 valence electrons. The second kappa shape index (κ2) is 12.6. The molecule has 6 rings (SSSR count). The van der Waals surface area contributed by atoms with Crippen LogP contribution < -0.4 is 0 Å². The summed E-state index contributed by atoms with van der Waals surface area (Å²) < 4.78 is 0. The number of carboxylic acids is 1. The van der Waals surface area contributed by atoms with Gasteiger partial charge in [-0.15, -0.1) is 0 Å². The van der Waals surface area contributed by atoms with Crippen LogP contribution in [0.4, 0.5) is 0 Å². The van der Waals surface area contributed by atoms with Gasteiger partial charge in [0.2, 0.25) is 0 Å². The molecule has 0 radical (unpaired) electrons. The highest BCUT2D eigenvalue weighted by Gasteiger charge is 2.31. The normalized spacial score (nSPS) is 16.2. The van der Waals surface area contributed by atoms with Crippen LogP contribution in [0.25, 0.3) is 22.5 Å². The second-order valence-electron chi connectivity index (χ2n) is 11.1. The maximum Gasteiger partial charge on any atom is 0.335 e. The van der Waals surface area contributed by atoms with Gasteiger partial charge in [-0.05, 0) is 49.2 Å². The zero-order valence-electron chi connectivity index (χ0n) is 23.9. The van der Waals surface area contributed by atoms with Gasteiger partial charge in [0.25, 0.3) is 11.8 Å². The van der Waals surface area contributed by atoms with Crippen LogP contribution in [-0.4, -0.2) is 87.9 Å². The minimum Gasteiger partial charge on any atom is -0.478 e. The Balaban J connectivity index is 1.08. The first-order valence-electron chi connectivity index (χ1n) is 14.7. The van der Waals surface area contributed by atoms with Gasteiger partial charge in [-0.2, -0.15) is 0 Å². The van der Waals surface area contributed by atoms with E-state index in [2.05, 4.69) is 4.90 Å². The lowest BCUT2D eigenvalue weighted by Gasteiger charge is -2.42. The highest BCUT2D eigenvalue weighted by Crippen LogP contribution is 2.26. The Morgan fingerprint density at radius 2 is 1.05 bits per heavy atom. The van der Waals surface area contributed by atoms with Crippen molar-refractivity contribution in [2.45, 2.75) is 18.9 Å². The molecule has 8 heteroatoms. The Hall–Kier alpha value is -4.82. The Labute approximate surface area is 251 Å². The van der Waals surface area contributed by atoms with Gasteiger partial charge in [0.05, 0.1) is 17.0 Å². The van der Waals surface area contributed by atoms with Crippen molar-refractivity contribution in [2.75, 3.05) is 39.3 Å². The number of carboxylic acid groups (broad SMARTS) is 1. The Morgan fingerprint density at radius 1 is 0.581 bits per heavy atom. The van der Waals surface area contributed by atoms with E-state index in [-0.39, 0.29) is 17.4 Å². The van der Waals surface area contributed by atoms with Crippen molar-refractivity contribution >= 4 is 17.8 Å². The van der Waals surface area contributed by atoms with Gasteiger partial charge in [0.1, 0.15) is 0 Å². The maximum absolute atomic E-state index is 13.8. The lowest BCUT2D eigenvalue weighted by Crippen LogP contribution is -2.54. The van der Waals surface area contributed by atoms with Gasteiger partial charge in [0, 0.05) is 67.6 Å². The van der Waals surface area contributed by atoms with Gasteiger partial charge in [-0.25, -0.2) is 9.78 Å². The fourth-order valence-corrected chi connectivity index (χ4v) is 6.01. The first-order chi connectivity index (χ1) is 21.0. The predicted molar refractivity (Wildman–Crippen MR) is 165 cm³/mol. The Bertz CT molecular complexity index is 1530. The SMILES string of the molecule is O=C(O)c1ccc(C(=O)N2CCC(N3CCN(C(=O)c4cc(-c5ccccc5)nc(-c5ccccc5)c4)CC3)CC2)cc1. The van der Waals surface area contributed by atoms with E-state index in [1.165, 1.54) is 12.1 Å². The number of piperidine rings is 1. The molecule has 3 heterocycles. The van der Waals surface area contributed by atoms with Crippen LogP contribution in [0.1, 0.15) is 43.9 Å². The van der Waals surface area contributed by atoms with Crippen molar-refractivity contribution < 1.29 is 19.5 Å². The smallest absolute Gasteiger partial charge is 0.335 e. The topological polar surface area (TPSA) is 94.0 Å². The largest absolute Gasteiger partial charge is 0.478 e. The summed E-state index contributed by atoms with van der Waals surface area (Å²) in [6.45, 7) is 4.21. The van der Waals surface area contributed by atoms with Gasteiger partial charge >= 0.3 is 5.97 Å². The molecular formula is C35H34N4O4. The number of piperazine rings is 1. The highest BCUT2D eigenvalue weighted by molar-refractivity contribution is 5.97. The van der Waals surface area contributed by atoms with Crippen LogP contribution in [0.2, 0.25) is 0 Å². The molecule has 4 aromatic rings. The molecule has 2 amide bonds. The van der Waals surface area contributed by atoms with Crippen molar-refractivity contribution in [3.8, 4) is 22.5 Å². The lowest BCUT2D eigenvalue weighted by atomic mass is 10.0. The number of pyridine rings is 1. The number of nitrogens with zero attached hydrogens (tertiary/aromatic N) is 4. The van der Waals surface area contributed by atoms with E-state index in [0.717, 1.165) is 48.4 Å². The number of aromatic carboxylic acids is 1. The predicted octanol–water partition coefficient (Wildman–Crippen LogP) is 5.18. The summed E-state index contributed by atoms with van der Waals surface area (Å²) in [4.78, 5) is 49.0. The number of carbonyl (C=O) groups excluding carboxylic acids is 2. The van der Waals surface area contributed by atoms with Crippen LogP contribution in [0.3, 0.4) is 0 Å². The number of hydrogen-bond acceptors (Lipinski definition) is 5. The molecule has 8 nitrogen and oxygen atoms in total. The standard InChI is InChI=1S/C35H34N4O4/c40-33(27-11-13-28(14-12-27)35(42)43)38-17-15-30(16-18-38)37-19-21-39(22-20-37)34(41)29-23-31(25-7-3-1-4-8-25)36-32(24-29)26-9-5-2-6-10-26/h1-14,23-24,30H,15-22H2,(H,42,43). The van der Waals surface area contributed by atoms with Crippen LogP contribution in [0, 0.1) is 0 Å². The zero-order valence-corrected chi connectivity index (χ0v) is 23.9. The summed E-state index contributed by atoms with van der Waals surface area (Å²) in [5.74, 6) is -1.05. The molecule has 2 fully saturated rings. The van der Waals surface area contributed by atoms with Gasteiger partial charge in [-0.1, -0.05) is 60.7 Å². The maximum atomic E-state index is 13.8. The van der Waals surface area contributed by atoms with E-state index in [9.17, 15) is 14.4 Å². The third kappa shape index (κ3) is 6.34. The molecule has 0 saturated carbocycles.